The monoisotopic (exact) mass is 252 g/mol. The van der Waals surface area contributed by atoms with Gasteiger partial charge >= 0.3 is 12.4 Å². The fraction of sp³-hybridized carbons (Fsp3) is 0.400. The number of fused-ring (bicyclic) bond motifs is 1. The Bertz CT molecular complexity index is 434. The summed E-state index contributed by atoms with van der Waals surface area (Å²) in [5.41, 5.74) is -0.391. The van der Waals surface area contributed by atoms with E-state index in [-0.39, 0.29) is 13.0 Å². The zero-order chi connectivity index (χ0) is 12.7. The lowest BCUT2D eigenvalue weighted by atomic mass is 10.1. The highest BCUT2D eigenvalue weighted by Crippen LogP contribution is 2.46. The Balaban J connectivity index is 2.44. The number of halogens is 4. The second-order valence-corrected chi connectivity index (χ2v) is 3.49. The van der Waals surface area contributed by atoms with Crippen molar-refractivity contribution in [2.45, 2.75) is 18.8 Å². The van der Waals surface area contributed by atoms with Crippen LogP contribution in [-0.4, -0.2) is 18.0 Å². The van der Waals surface area contributed by atoms with E-state index in [0.29, 0.717) is 5.56 Å². The predicted octanol–water partition coefficient (Wildman–Crippen LogP) is 2.23. The van der Waals surface area contributed by atoms with Crippen molar-refractivity contribution in [2.75, 3.05) is 6.61 Å². The van der Waals surface area contributed by atoms with Crippen LogP contribution in [0.1, 0.15) is 11.1 Å². The Kier molecular flexibility index (Phi) is 2.75. The molecule has 0 radical (unpaired) electrons. The quantitative estimate of drug-likeness (QED) is 0.820. The second kappa shape index (κ2) is 3.85. The van der Waals surface area contributed by atoms with E-state index in [2.05, 4.69) is 9.47 Å². The van der Waals surface area contributed by atoms with E-state index in [1.54, 1.807) is 0 Å². The van der Waals surface area contributed by atoms with Gasteiger partial charge in [-0.3, -0.25) is 0 Å². The topological polar surface area (TPSA) is 38.7 Å². The molecular weight excluding hydrogens is 244 g/mol. The van der Waals surface area contributed by atoms with Gasteiger partial charge < -0.3 is 9.84 Å². The maximum absolute atomic E-state index is 13.3. The van der Waals surface area contributed by atoms with Crippen molar-refractivity contribution in [3.63, 3.8) is 0 Å². The molecule has 0 unspecified atom stereocenters. The molecule has 3 nitrogen and oxygen atoms in total. The molecule has 1 heterocycles. The van der Waals surface area contributed by atoms with Gasteiger partial charge in [0, 0.05) is 6.61 Å². The fourth-order valence-corrected chi connectivity index (χ4v) is 1.53. The lowest BCUT2D eigenvalue weighted by Gasteiger charge is -2.30. The third-order valence-corrected chi connectivity index (χ3v) is 2.23. The minimum absolute atomic E-state index is 0.139. The number of rotatable bonds is 2. The van der Waals surface area contributed by atoms with Gasteiger partial charge in [0.15, 0.2) is 0 Å². The Labute approximate surface area is 93.6 Å². The van der Waals surface area contributed by atoms with Crippen LogP contribution in [0.2, 0.25) is 0 Å². The number of aliphatic hydroxyl groups excluding tert-OH is 1. The Morgan fingerprint density at radius 3 is 2.53 bits per heavy atom. The van der Waals surface area contributed by atoms with Crippen molar-refractivity contribution in [3.8, 4) is 5.75 Å². The maximum Gasteiger partial charge on any atom is 0.540 e. The van der Waals surface area contributed by atoms with E-state index in [4.69, 9.17) is 5.11 Å². The minimum atomic E-state index is -4.35. The van der Waals surface area contributed by atoms with Crippen LogP contribution in [0.4, 0.5) is 17.6 Å². The van der Waals surface area contributed by atoms with Gasteiger partial charge in [-0.15, -0.1) is 8.78 Å². The summed E-state index contributed by atoms with van der Waals surface area (Å²) in [7, 11) is 0. The Morgan fingerprint density at radius 1 is 1.18 bits per heavy atom. The first kappa shape index (κ1) is 12.1. The van der Waals surface area contributed by atoms with Gasteiger partial charge in [0.1, 0.15) is 5.75 Å². The molecule has 1 N–H and O–H groups in total. The summed E-state index contributed by atoms with van der Waals surface area (Å²) in [5.74, 6) is -0.632. The smallest absolute Gasteiger partial charge is 0.409 e. The number of benzene rings is 1. The largest absolute Gasteiger partial charge is 0.540 e. The van der Waals surface area contributed by atoms with Crippen LogP contribution < -0.4 is 4.74 Å². The van der Waals surface area contributed by atoms with Crippen LogP contribution in [0.15, 0.2) is 18.2 Å². The Hall–Kier alpha value is -1.34. The van der Waals surface area contributed by atoms with E-state index in [0.717, 1.165) is 12.1 Å². The molecule has 1 aliphatic heterocycles. The second-order valence-electron chi connectivity index (χ2n) is 3.49. The number of alkyl halides is 4. The van der Waals surface area contributed by atoms with Gasteiger partial charge in [-0.25, -0.2) is 4.74 Å². The molecule has 0 aliphatic carbocycles. The van der Waals surface area contributed by atoms with Gasteiger partial charge in [-0.1, -0.05) is 6.07 Å². The highest BCUT2D eigenvalue weighted by molar-refractivity contribution is 5.40. The number of hydrogen-bond acceptors (Lipinski definition) is 3. The third-order valence-electron chi connectivity index (χ3n) is 2.23. The highest BCUT2D eigenvalue weighted by atomic mass is 19.3. The van der Waals surface area contributed by atoms with E-state index in [9.17, 15) is 17.6 Å². The first-order valence-electron chi connectivity index (χ1n) is 4.73. The average molecular weight is 252 g/mol. The van der Waals surface area contributed by atoms with Gasteiger partial charge in [0.25, 0.3) is 0 Å². The van der Waals surface area contributed by atoms with Crippen molar-refractivity contribution in [1.82, 2.24) is 0 Å². The minimum Gasteiger partial charge on any atom is -0.409 e. The molecule has 17 heavy (non-hydrogen) atoms. The van der Waals surface area contributed by atoms with Gasteiger partial charge in [-0.2, -0.15) is 8.78 Å². The Morgan fingerprint density at radius 2 is 1.88 bits per heavy atom. The summed E-state index contributed by atoms with van der Waals surface area (Å²) in [6.45, 7) is -0.234. The van der Waals surface area contributed by atoms with Crippen LogP contribution in [0, 0.1) is 0 Å². The molecule has 0 atom stereocenters. The molecular formula is C10H8F4O3. The number of aliphatic hydroxyl groups is 1. The first-order valence-corrected chi connectivity index (χ1v) is 4.73. The van der Waals surface area contributed by atoms with Crippen molar-refractivity contribution >= 4 is 0 Å². The number of ether oxygens (including phenoxy) is 2. The molecule has 0 fully saturated rings. The summed E-state index contributed by atoms with van der Waals surface area (Å²) in [6, 6.07) is 3.30. The van der Waals surface area contributed by atoms with Crippen LogP contribution in [0.3, 0.4) is 0 Å². The van der Waals surface area contributed by atoms with Crippen molar-refractivity contribution in [1.29, 1.82) is 0 Å². The molecule has 0 saturated heterocycles. The summed E-state index contributed by atoms with van der Waals surface area (Å²) in [5, 5.41) is 8.67. The molecule has 1 aromatic rings. The van der Waals surface area contributed by atoms with Gasteiger partial charge in [0.05, 0.1) is 5.56 Å². The predicted molar refractivity (Wildman–Crippen MR) is 47.8 cm³/mol. The molecule has 0 spiro atoms. The molecule has 0 aromatic heterocycles. The zero-order valence-electron chi connectivity index (χ0n) is 8.42. The van der Waals surface area contributed by atoms with E-state index in [1.807, 2.05) is 0 Å². The molecule has 0 amide bonds. The summed E-state index contributed by atoms with van der Waals surface area (Å²) < 4.78 is 59.1. The first-order chi connectivity index (χ1) is 7.84. The molecule has 0 bridgehead atoms. The maximum atomic E-state index is 13.3. The summed E-state index contributed by atoms with van der Waals surface area (Å²) in [6.07, 6.45) is -8.34. The van der Waals surface area contributed by atoms with Gasteiger partial charge in [-0.05, 0) is 24.1 Å². The zero-order valence-corrected chi connectivity index (χ0v) is 8.42. The van der Waals surface area contributed by atoms with Crippen molar-refractivity contribution < 1.29 is 32.1 Å². The highest BCUT2D eigenvalue weighted by Gasteiger charge is 2.54. The van der Waals surface area contributed by atoms with Crippen LogP contribution in [0.5, 0.6) is 5.75 Å². The molecule has 7 heteroatoms. The molecule has 2 rings (SSSR count). The lowest BCUT2D eigenvalue weighted by molar-refractivity contribution is -0.461. The molecule has 1 aromatic carbocycles. The summed E-state index contributed by atoms with van der Waals surface area (Å²) in [4.78, 5) is 0. The average Bonchev–Trinajstić information content (AvgIpc) is 2.17. The lowest BCUT2D eigenvalue weighted by Crippen LogP contribution is -2.41. The normalized spacial score (nSPS) is 20.5. The molecule has 94 valence electrons. The van der Waals surface area contributed by atoms with Crippen molar-refractivity contribution in [3.05, 3.63) is 29.3 Å². The number of hydrogen-bond donors (Lipinski definition) is 1. The molecule has 0 saturated carbocycles. The van der Waals surface area contributed by atoms with Gasteiger partial charge in [0.2, 0.25) is 0 Å². The van der Waals surface area contributed by atoms with E-state index >= 15 is 0 Å². The van der Waals surface area contributed by atoms with Crippen LogP contribution in [0.25, 0.3) is 0 Å². The standard InChI is InChI=1S/C10H8F4O3/c11-9(12)7-5-6(3-4-15)1-2-8(7)16-10(13,14)17-9/h1-2,5,15H,3-4H2. The van der Waals surface area contributed by atoms with Crippen LogP contribution >= 0.6 is 0 Å². The third kappa shape index (κ3) is 2.34. The molecule has 1 aliphatic rings. The fourth-order valence-electron chi connectivity index (χ4n) is 1.53. The SMILES string of the molecule is OCCc1ccc2c(c1)C(F)(F)OC(F)(F)O2. The van der Waals surface area contributed by atoms with E-state index < -0.39 is 23.7 Å². The van der Waals surface area contributed by atoms with Crippen molar-refractivity contribution in [2.24, 2.45) is 0 Å². The van der Waals surface area contributed by atoms with E-state index in [1.165, 1.54) is 6.07 Å². The van der Waals surface area contributed by atoms with Crippen LogP contribution in [-0.2, 0) is 17.3 Å². The summed E-state index contributed by atoms with van der Waals surface area (Å²) >= 11 is 0.